The minimum atomic E-state index is -1.71. The summed E-state index contributed by atoms with van der Waals surface area (Å²) in [7, 11) is 0. The number of carboxylic acid groups (broad SMARTS) is 1. The van der Waals surface area contributed by atoms with E-state index in [0.29, 0.717) is 0 Å². The molecule has 0 amide bonds. The zero-order chi connectivity index (χ0) is 12.8. The molecule has 0 saturated heterocycles. The molecule has 4 nitrogen and oxygen atoms in total. The summed E-state index contributed by atoms with van der Waals surface area (Å²) in [6, 6.07) is 3.06. The van der Waals surface area contributed by atoms with Crippen LogP contribution in [0.1, 0.15) is 18.1 Å². The van der Waals surface area contributed by atoms with E-state index in [1.165, 1.54) is 0 Å². The van der Waals surface area contributed by atoms with E-state index in [0.717, 1.165) is 18.2 Å². The van der Waals surface area contributed by atoms with Gasteiger partial charge < -0.3 is 14.9 Å². The maximum atomic E-state index is 13.3. The van der Waals surface area contributed by atoms with Gasteiger partial charge in [0, 0.05) is 6.61 Å². The van der Waals surface area contributed by atoms with Crippen molar-refractivity contribution in [1.29, 1.82) is 0 Å². The minimum absolute atomic E-state index is 0.0960. The Balaban J connectivity index is 2.93. The van der Waals surface area contributed by atoms with Crippen LogP contribution in [-0.2, 0) is 9.53 Å². The Hall–Kier alpha value is -1.53. The van der Waals surface area contributed by atoms with Crippen LogP contribution in [0.25, 0.3) is 0 Å². The fraction of sp³-hybridized carbons (Fsp3) is 0.364. The zero-order valence-electron chi connectivity index (χ0n) is 8.90. The molecule has 1 unspecified atom stereocenters. The SMILES string of the molecule is O=C(O)C(OCCCO)c1c(F)cccc1F. The Kier molecular flexibility index (Phi) is 4.99. The first-order chi connectivity index (χ1) is 8.07. The number of aliphatic hydroxyl groups excluding tert-OH is 1. The number of hydrogen-bond donors (Lipinski definition) is 2. The molecule has 94 valence electrons. The van der Waals surface area contributed by atoms with Crippen LogP contribution in [0.2, 0.25) is 0 Å². The molecule has 2 N–H and O–H groups in total. The normalized spacial score (nSPS) is 12.4. The van der Waals surface area contributed by atoms with Crippen LogP contribution in [0.4, 0.5) is 8.78 Å². The second kappa shape index (κ2) is 6.27. The largest absolute Gasteiger partial charge is 0.479 e. The summed E-state index contributed by atoms with van der Waals surface area (Å²) in [4.78, 5) is 10.9. The predicted molar refractivity (Wildman–Crippen MR) is 54.4 cm³/mol. The molecule has 1 aromatic carbocycles. The summed E-state index contributed by atoms with van der Waals surface area (Å²) in [5, 5.41) is 17.4. The second-order valence-electron chi connectivity index (χ2n) is 3.30. The molecule has 17 heavy (non-hydrogen) atoms. The molecule has 0 radical (unpaired) electrons. The molecule has 0 aliphatic heterocycles. The molecule has 0 heterocycles. The molecular formula is C11H12F2O4. The number of aliphatic carboxylic acids is 1. The molecule has 0 fully saturated rings. The fourth-order valence-electron chi connectivity index (χ4n) is 1.31. The van der Waals surface area contributed by atoms with Crippen LogP contribution in [0.5, 0.6) is 0 Å². The third kappa shape index (κ3) is 3.47. The van der Waals surface area contributed by atoms with Gasteiger partial charge in [0.15, 0.2) is 6.10 Å². The van der Waals surface area contributed by atoms with Crippen molar-refractivity contribution < 1.29 is 28.5 Å². The average Bonchev–Trinajstić information content (AvgIpc) is 2.26. The van der Waals surface area contributed by atoms with Crippen molar-refractivity contribution in [3.05, 3.63) is 35.4 Å². The van der Waals surface area contributed by atoms with Crippen molar-refractivity contribution in [2.75, 3.05) is 13.2 Å². The van der Waals surface area contributed by atoms with E-state index in [1.807, 2.05) is 0 Å². The lowest BCUT2D eigenvalue weighted by Gasteiger charge is -2.15. The molecule has 0 aliphatic carbocycles. The van der Waals surface area contributed by atoms with Crippen LogP contribution in [0.15, 0.2) is 18.2 Å². The van der Waals surface area contributed by atoms with Gasteiger partial charge in [0.1, 0.15) is 11.6 Å². The first-order valence-corrected chi connectivity index (χ1v) is 4.97. The first-order valence-electron chi connectivity index (χ1n) is 4.97. The monoisotopic (exact) mass is 246 g/mol. The summed E-state index contributed by atoms with van der Waals surface area (Å²) in [5.74, 6) is -3.42. The smallest absolute Gasteiger partial charge is 0.337 e. The molecule has 0 spiro atoms. The summed E-state index contributed by atoms with van der Waals surface area (Å²) in [6.45, 7) is -0.284. The van der Waals surface area contributed by atoms with Crippen molar-refractivity contribution in [2.45, 2.75) is 12.5 Å². The lowest BCUT2D eigenvalue weighted by Crippen LogP contribution is -2.19. The van der Waals surface area contributed by atoms with Crippen molar-refractivity contribution in [1.82, 2.24) is 0 Å². The van der Waals surface area contributed by atoms with Gasteiger partial charge in [0.2, 0.25) is 0 Å². The molecule has 6 heteroatoms. The molecular weight excluding hydrogens is 234 g/mol. The van der Waals surface area contributed by atoms with Gasteiger partial charge in [-0.2, -0.15) is 0 Å². The molecule has 1 rings (SSSR count). The van der Waals surface area contributed by atoms with Gasteiger partial charge in [0.05, 0.1) is 12.2 Å². The van der Waals surface area contributed by atoms with E-state index in [2.05, 4.69) is 0 Å². The number of carbonyl (C=O) groups is 1. The van der Waals surface area contributed by atoms with Gasteiger partial charge in [-0.1, -0.05) is 6.07 Å². The maximum absolute atomic E-state index is 13.3. The highest BCUT2D eigenvalue weighted by molar-refractivity contribution is 5.74. The van der Waals surface area contributed by atoms with Gasteiger partial charge in [-0.05, 0) is 18.6 Å². The Morgan fingerprint density at radius 1 is 1.35 bits per heavy atom. The van der Waals surface area contributed by atoms with Crippen LogP contribution < -0.4 is 0 Å². The van der Waals surface area contributed by atoms with Crippen LogP contribution >= 0.6 is 0 Å². The Bertz CT molecular complexity index is 375. The van der Waals surface area contributed by atoms with E-state index < -0.39 is 29.3 Å². The summed E-state index contributed by atoms with van der Waals surface area (Å²) < 4.78 is 31.5. The van der Waals surface area contributed by atoms with Gasteiger partial charge in [-0.15, -0.1) is 0 Å². The topological polar surface area (TPSA) is 66.8 Å². The zero-order valence-corrected chi connectivity index (χ0v) is 8.90. The van der Waals surface area contributed by atoms with Crippen molar-refractivity contribution in [3.8, 4) is 0 Å². The summed E-state index contributed by atoms with van der Waals surface area (Å²) in [6.07, 6.45) is -1.51. The van der Waals surface area contributed by atoms with Gasteiger partial charge in [-0.3, -0.25) is 0 Å². The number of rotatable bonds is 6. The first kappa shape index (κ1) is 13.5. The molecule has 1 atom stereocenters. The van der Waals surface area contributed by atoms with Crippen LogP contribution in [0, 0.1) is 11.6 Å². The van der Waals surface area contributed by atoms with E-state index in [1.54, 1.807) is 0 Å². The highest BCUT2D eigenvalue weighted by atomic mass is 19.1. The van der Waals surface area contributed by atoms with E-state index in [9.17, 15) is 13.6 Å². The Morgan fingerprint density at radius 3 is 2.41 bits per heavy atom. The van der Waals surface area contributed by atoms with Crippen molar-refractivity contribution in [2.24, 2.45) is 0 Å². The quantitative estimate of drug-likeness (QED) is 0.746. The van der Waals surface area contributed by atoms with Crippen LogP contribution in [-0.4, -0.2) is 29.4 Å². The highest BCUT2D eigenvalue weighted by Crippen LogP contribution is 2.24. The molecule has 0 aliphatic rings. The fourth-order valence-corrected chi connectivity index (χ4v) is 1.31. The van der Waals surface area contributed by atoms with Gasteiger partial charge >= 0.3 is 5.97 Å². The lowest BCUT2D eigenvalue weighted by atomic mass is 10.1. The summed E-state index contributed by atoms with van der Waals surface area (Å²) >= 11 is 0. The maximum Gasteiger partial charge on any atom is 0.337 e. The standard InChI is InChI=1S/C11H12F2O4/c12-7-3-1-4-8(13)9(7)10(11(15)16)17-6-2-5-14/h1,3-4,10,14H,2,5-6H2,(H,15,16). The second-order valence-corrected chi connectivity index (χ2v) is 3.30. The molecule has 1 aromatic rings. The number of carboxylic acids is 1. The Morgan fingerprint density at radius 2 is 1.94 bits per heavy atom. The average molecular weight is 246 g/mol. The Labute approximate surface area is 96.5 Å². The van der Waals surface area contributed by atoms with Crippen molar-refractivity contribution >= 4 is 5.97 Å². The van der Waals surface area contributed by atoms with E-state index in [4.69, 9.17) is 14.9 Å². The summed E-state index contributed by atoms with van der Waals surface area (Å²) in [5.41, 5.74) is -0.627. The predicted octanol–water partition coefficient (Wildman–Crippen LogP) is 1.49. The number of benzene rings is 1. The van der Waals surface area contributed by atoms with Gasteiger partial charge in [0.25, 0.3) is 0 Å². The van der Waals surface area contributed by atoms with Crippen LogP contribution in [0.3, 0.4) is 0 Å². The number of hydrogen-bond acceptors (Lipinski definition) is 3. The third-order valence-corrected chi connectivity index (χ3v) is 2.07. The molecule has 0 aromatic heterocycles. The van der Waals surface area contributed by atoms with E-state index >= 15 is 0 Å². The number of aliphatic hydroxyl groups is 1. The molecule has 0 bridgehead atoms. The number of ether oxygens (including phenoxy) is 1. The molecule has 0 saturated carbocycles. The number of halogens is 2. The highest BCUT2D eigenvalue weighted by Gasteiger charge is 2.27. The minimum Gasteiger partial charge on any atom is -0.479 e. The van der Waals surface area contributed by atoms with Gasteiger partial charge in [-0.25, -0.2) is 13.6 Å². The van der Waals surface area contributed by atoms with E-state index in [-0.39, 0.29) is 19.6 Å². The third-order valence-electron chi connectivity index (χ3n) is 2.07. The van der Waals surface area contributed by atoms with Crippen molar-refractivity contribution in [3.63, 3.8) is 0 Å². The lowest BCUT2D eigenvalue weighted by molar-refractivity contribution is -0.151.